The van der Waals surface area contributed by atoms with Crippen LogP contribution in [0.1, 0.15) is 26.7 Å². The smallest absolute Gasteiger partial charge is 0.229 e. The zero-order chi connectivity index (χ0) is 10.3. The molecule has 0 spiro atoms. The Balaban J connectivity index is 3.27. The first-order valence-corrected chi connectivity index (χ1v) is 7.76. The lowest BCUT2D eigenvalue weighted by atomic mass is 10.3. The number of carbonyl (C=O) groups excluding carboxylic acids is 1. The molecule has 0 aromatic rings. The van der Waals surface area contributed by atoms with Gasteiger partial charge >= 0.3 is 0 Å². The molecule has 0 aliphatic rings. The maximum atomic E-state index is 11.0. The van der Waals surface area contributed by atoms with Crippen LogP contribution in [0.15, 0.2) is 0 Å². The van der Waals surface area contributed by atoms with Gasteiger partial charge in [0.15, 0.2) is 0 Å². The molecule has 0 rings (SSSR count). The van der Waals surface area contributed by atoms with Gasteiger partial charge in [0.1, 0.15) is 0 Å². The molecule has 0 bridgehead atoms. The van der Waals surface area contributed by atoms with Gasteiger partial charge in [0, 0.05) is 13.0 Å². The lowest BCUT2D eigenvalue weighted by Gasteiger charge is -2.10. The number of hydrogen-bond acceptors (Lipinski definition) is 4. The molecule has 0 aliphatic carbocycles. The maximum absolute atomic E-state index is 11.0. The highest BCUT2D eigenvalue weighted by Gasteiger charge is 2.02. The molecule has 0 unspecified atom stereocenters. The zero-order valence-corrected chi connectivity index (χ0v) is 10.5. The van der Waals surface area contributed by atoms with E-state index in [0.29, 0.717) is 13.0 Å². The Morgan fingerprint density at radius 2 is 2.15 bits per heavy atom. The SMILES string of the molecule is CC(C)OCCCC(=O)N[SH](S)S. The van der Waals surface area contributed by atoms with E-state index in [1.165, 1.54) is 0 Å². The van der Waals surface area contributed by atoms with Gasteiger partial charge < -0.3 is 9.46 Å². The molecule has 6 heteroatoms. The summed E-state index contributed by atoms with van der Waals surface area (Å²) in [5.74, 6) is -0.0107. The van der Waals surface area contributed by atoms with Gasteiger partial charge in [-0.25, -0.2) is 0 Å². The van der Waals surface area contributed by atoms with Gasteiger partial charge in [0.25, 0.3) is 0 Å². The Hall–Kier alpha value is 0.480. The molecule has 13 heavy (non-hydrogen) atoms. The molecule has 3 nitrogen and oxygen atoms in total. The van der Waals surface area contributed by atoms with Gasteiger partial charge in [0.05, 0.1) is 6.10 Å². The van der Waals surface area contributed by atoms with Crippen LogP contribution in [0.3, 0.4) is 0 Å². The average molecular weight is 243 g/mol. The Morgan fingerprint density at radius 1 is 1.54 bits per heavy atom. The van der Waals surface area contributed by atoms with Crippen molar-refractivity contribution in [3.63, 3.8) is 0 Å². The highest BCUT2D eigenvalue weighted by Crippen LogP contribution is 2.29. The zero-order valence-electron chi connectivity index (χ0n) is 7.86. The van der Waals surface area contributed by atoms with Gasteiger partial charge in [-0.2, -0.15) is 0 Å². The van der Waals surface area contributed by atoms with Crippen molar-refractivity contribution < 1.29 is 9.53 Å². The van der Waals surface area contributed by atoms with Crippen molar-refractivity contribution >= 4 is 38.4 Å². The van der Waals surface area contributed by atoms with E-state index in [0.717, 1.165) is 6.42 Å². The quantitative estimate of drug-likeness (QED) is 0.327. The van der Waals surface area contributed by atoms with E-state index in [2.05, 4.69) is 28.0 Å². The number of thiol groups is 3. The molecule has 1 amide bonds. The van der Waals surface area contributed by atoms with Crippen LogP contribution in [-0.4, -0.2) is 18.6 Å². The van der Waals surface area contributed by atoms with Crippen LogP contribution in [0.4, 0.5) is 0 Å². The fourth-order valence-electron chi connectivity index (χ4n) is 0.719. The highest BCUT2D eigenvalue weighted by molar-refractivity contribution is 9.08. The van der Waals surface area contributed by atoms with E-state index >= 15 is 0 Å². The molecule has 0 heterocycles. The molecular formula is C7H17NO2S3. The Bertz CT molecular complexity index is 153. The van der Waals surface area contributed by atoms with Crippen molar-refractivity contribution in [2.24, 2.45) is 0 Å². The first kappa shape index (κ1) is 13.5. The Morgan fingerprint density at radius 3 is 2.62 bits per heavy atom. The number of carbonyl (C=O) groups is 1. The summed E-state index contributed by atoms with van der Waals surface area (Å²) in [4.78, 5) is 11.0. The largest absolute Gasteiger partial charge is 0.379 e. The van der Waals surface area contributed by atoms with Crippen LogP contribution in [0, 0.1) is 0 Å². The van der Waals surface area contributed by atoms with Gasteiger partial charge in [-0.15, -0.1) is 23.3 Å². The lowest BCUT2D eigenvalue weighted by molar-refractivity contribution is -0.119. The van der Waals surface area contributed by atoms with Gasteiger partial charge in [-0.3, -0.25) is 4.79 Å². The third-order valence-electron chi connectivity index (χ3n) is 1.22. The van der Waals surface area contributed by atoms with Crippen LogP contribution < -0.4 is 4.72 Å². The molecule has 80 valence electrons. The first-order chi connectivity index (χ1) is 6.02. The van der Waals surface area contributed by atoms with Crippen molar-refractivity contribution in [2.75, 3.05) is 6.61 Å². The minimum Gasteiger partial charge on any atom is -0.379 e. The summed E-state index contributed by atoms with van der Waals surface area (Å²) in [5, 5.41) is 0. The number of nitrogens with one attached hydrogen (secondary N) is 1. The number of hydrogen-bond donors (Lipinski definition) is 4. The van der Waals surface area contributed by atoms with E-state index in [-0.39, 0.29) is 12.0 Å². The van der Waals surface area contributed by atoms with Crippen molar-refractivity contribution in [3.05, 3.63) is 0 Å². The summed E-state index contributed by atoms with van der Waals surface area (Å²) in [6, 6.07) is 0. The fourth-order valence-corrected chi connectivity index (χ4v) is 1.72. The van der Waals surface area contributed by atoms with Crippen molar-refractivity contribution in [3.8, 4) is 0 Å². The van der Waals surface area contributed by atoms with Crippen LogP contribution in [0.25, 0.3) is 0 Å². The molecule has 0 saturated heterocycles. The summed E-state index contributed by atoms with van der Waals surface area (Å²) in [6.45, 7) is 4.57. The second kappa shape index (κ2) is 7.84. The van der Waals surface area contributed by atoms with Crippen molar-refractivity contribution in [1.82, 2.24) is 4.72 Å². The second-order valence-corrected chi connectivity index (χ2v) is 7.00. The summed E-state index contributed by atoms with van der Waals surface area (Å²) in [5.41, 5.74) is 0. The number of rotatable bonds is 6. The van der Waals surface area contributed by atoms with Crippen LogP contribution in [-0.2, 0) is 9.53 Å². The van der Waals surface area contributed by atoms with Gasteiger partial charge in [-0.1, -0.05) is 9.15 Å². The highest BCUT2D eigenvalue weighted by atomic mass is 33.5. The summed E-state index contributed by atoms with van der Waals surface area (Å²) < 4.78 is 7.91. The Labute approximate surface area is 92.1 Å². The lowest BCUT2D eigenvalue weighted by Crippen LogP contribution is -2.17. The van der Waals surface area contributed by atoms with Gasteiger partial charge in [-0.05, 0) is 20.3 Å². The Kier molecular flexibility index (Phi) is 8.13. The molecule has 0 radical (unpaired) electrons. The van der Waals surface area contributed by atoms with E-state index in [4.69, 9.17) is 4.74 Å². The monoisotopic (exact) mass is 243 g/mol. The predicted octanol–water partition coefficient (Wildman–Crippen LogP) is 1.91. The minimum absolute atomic E-state index is 0.0107. The van der Waals surface area contributed by atoms with E-state index in [9.17, 15) is 4.79 Å². The maximum Gasteiger partial charge on any atom is 0.229 e. The van der Waals surface area contributed by atoms with Gasteiger partial charge in [0.2, 0.25) is 5.91 Å². The molecule has 0 aromatic carbocycles. The molecular weight excluding hydrogens is 226 g/mol. The molecule has 1 N–H and O–H groups in total. The van der Waals surface area contributed by atoms with Crippen molar-refractivity contribution in [2.45, 2.75) is 32.8 Å². The van der Waals surface area contributed by atoms with Crippen LogP contribution in [0.5, 0.6) is 0 Å². The molecule has 0 fully saturated rings. The third-order valence-corrected chi connectivity index (χ3v) is 2.27. The number of ether oxygens (including phenoxy) is 1. The number of amides is 1. The van der Waals surface area contributed by atoms with Crippen LogP contribution in [0.2, 0.25) is 0 Å². The summed E-state index contributed by atoms with van der Waals surface area (Å²) in [7, 11) is -0.925. The molecule has 0 saturated carbocycles. The van der Waals surface area contributed by atoms with E-state index in [1.807, 2.05) is 13.8 Å². The molecule has 0 aliphatic heterocycles. The first-order valence-electron chi connectivity index (χ1n) is 4.11. The normalized spacial score (nSPS) is 11.6. The van der Waals surface area contributed by atoms with E-state index in [1.54, 1.807) is 0 Å². The van der Waals surface area contributed by atoms with E-state index < -0.39 is 9.15 Å². The standard InChI is InChI=1S/C7H17NO2S3/c1-6(2)10-5-3-4-7(9)8-13(11)12/h6,11-13H,3-5H2,1-2H3,(H,8,9). The van der Waals surface area contributed by atoms with Crippen molar-refractivity contribution in [1.29, 1.82) is 0 Å². The molecule has 0 aromatic heterocycles. The predicted molar refractivity (Wildman–Crippen MR) is 65.4 cm³/mol. The fraction of sp³-hybridized carbons (Fsp3) is 0.857. The second-order valence-electron chi connectivity index (χ2n) is 2.85. The minimum atomic E-state index is -0.925. The topological polar surface area (TPSA) is 38.3 Å². The average Bonchev–Trinajstić information content (AvgIpc) is 1.96. The molecule has 0 atom stereocenters. The summed E-state index contributed by atoms with van der Waals surface area (Å²) in [6.07, 6.45) is 1.46. The summed E-state index contributed by atoms with van der Waals surface area (Å²) >= 11 is 7.96. The van der Waals surface area contributed by atoms with Crippen LogP contribution >= 0.6 is 32.5 Å². The third kappa shape index (κ3) is 10.4.